The molecule has 0 fully saturated rings. The third-order valence-electron chi connectivity index (χ3n) is 2.41. The Morgan fingerprint density at radius 3 is 2.57 bits per heavy atom. The van der Waals surface area contributed by atoms with Crippen molar-refractivity contribution in [2.24, 2.45) is 12.8 Å². The van der Waals surface area contributed by atoms with E-state index in [2.05, 4.69) is 5.10 Å². The molecule has 5 heteroatoms. The van der Waals surface area contributed by atoms with E-state index in [-0.39, 0.29) is 6.42 Å². The molecule has 1 atom stereocenters. The minimum atomic E-state index is -2.53. The molecule has 2 N–H and O–H groups in total. The molecule has 80 valence electrons. The van der Waals surface area contributed by atoms with Gasteiger partial charge in [0.05, 0.1) is 11.7 Å². The Morgan fingerprint density at radius 2 is 2.21 bits per heavy atom. The van der Waals surface area contributed by atoms with Crippen LogP contribution in [-0.4, -0.2) is 21.7 Å². The second kappa shape index (κ2) is 3.65. The van der Waals surface area contributed by atoms with Gasteiger partial charge < -0.3 is 5.73 Å². The van der Waals surface area contributed by atoms with Crippen molar-refractivity contribution in [2.75, 3.05) is 0 Å². The second-order valence-corrected chi connectivity index (χ2v) is 3.86. The number of nitrogens with zero attached hydrogens (tertiary/aromatic N) is 2. The van der Waals surface area contributed by atoms with Gasteiger partial charge in [-0.1, -0.05) is 0 Å². The molecule has 1 aromatic rings. The van der Waals surface area contributed by atoms with Crippen LogP contribution in [0.2, 0.25) is 0 Å². The van der Waals surface area contributed by atoms with Crippen LogP contribution in [0.3, 0.4) is 0 Å². The number of hydrogen-bond acceptors (Lipinski definition) is 2. The average Bonchev–Trinajstić information content (AvgIpc) is 2.35. The quantitative estimate of drug-likeness (QED) is 0.803. The Labute approximate surface area is 81.9 Å². The molecule has 0 saturated carbocycles. The van der Waals surface area contributed by atoms with Crippen molar-refractivity contribution < 1.29 is 8.78 Å². The summed E-state index contributed by atoms with van der Waals surface area (Å²) in [5.74, 6) is 0. The van der Waals surface area contributed by atoms with Gasteiger partial charge in [-0.3, -0.25) is 4.68 Å². The SMILES string of the molecule is Cc1c(CC(C)(N)C(F)F)cnn1C. The number of alkyl halides is 2. The number of nitrogens with two attached hydrogens (primary N) is 1. The minimum absolute atomic E-state index is 0.143. The Bertz CT molecular complexity index is 318. The molecule has 0 bridgehead atoms. The van der Waals surface area contributed by atoms with Gasteiger partial charge in [-0.05, 0) is 25.8 Å². The van der Waals surface area contributed by atoms with Crippen molar-refractivity contribution in [3.05, 3.63) is 17.5 Å². The van der Waals surface area contributed by atoms with E-state index in [1.165, 1.54) is 6.92 Å². The fraction of sp³-hybridized carbons (Fsp3) is 0.667. The summed E-state index contributed by atoms with van der Waals surface area (Å²) in [7, 11) is 1.77. The molecule has 0 aliphatic carbocycles. The van der Waals surface area contributed by atoms with Gasteiger partial charge in [0, 0.05) is 12.7 Å². The summed E-state index contributed by atoms with van der Waals surface area (Å²) in [4.78, 5) is 0. The van der Waals surface area contributed by atoms with Gasteiger partial charge in [0.1, 0.15) is 0 Å². The van der Waals surface area contributed by atoms with E-state index >= 15 is 0 Å². The number of rotatable bonds is 3. The smallest absolute Gasteiger partial charge is 0.256 e. The van der Waals surface area contributed by atoms with Crippen molar-refractivity contribution in [3.63, 3.8) is 0 Å². The van der Waals surface area contributed by atoms with E-state index in [9.17, 15) is 8.78 Å². The van der Waals surface area contributed by atoms with Crippen LogP contribution in [0.4, 0.5) is 8.78 Å². The maximum atomic E-state index is 12.5. The molecule has 0 aliphatic heterocycles. The molecule has 1 aromatic heterocycles. The van der Waals surface area contributed by atoms with Crippen molar-refractivity contribution >= 4 is 0 Å². The van der Waals surface area contributed by atoms with Gasteiger partial charge >= 0.3 is 0 Å². The summed E-state index contributed by atoms with van der Waals surface area (Å²) < 4.78 is 26.6. The molecular formula is C9H15F2N3. The van der Waals surface area contributed by atoms with Crippen LogP contribution >= 0.6 is 0 Å². The lowest BCUT2D eigenvalue weighted by molar-refractivity contribution is 0.0638. The molecule has 0 aliphatic rings. The molecule has 0 saturated heterocycles. The lowest BCUT2D eigenvalue weighted by atomic mass is 9.95. The molecule has 0 amide bonds. The monoisotopic (exact) mass is 203 g/mol. The molecule has 1 rings (SSSR count). The summed E-state index contributed by atoms with van der Waals surface area (Å²) >= 11 is 0. The highest BCUT2D eigenvalue weighted by Crippen LogP contribution is 2.19. The zero-order valence-electron chi connectivity index (χ0n) is 8.59. The van der Waals surface area contributed by atoms with Crippen molar-refractivity contribution in [3.8, 4) is 0 Å². The van der Waals surface area contributed by atoms with E-state index in [4.69, 9.17) is 5.73 Å². The predicted octanol–water partition coefficient (Wildman–Crippen LogP) is 1.25. The average molecular weight is 203 g/mol. The Morgan fingerprint density at radius 1 is 1.64 bits per heavy atom. The number of aromatic nitrogens is 2. The summed E-state index contributed by atoms with van der Waals surface area (Å²) in [6.07, 6.45) is -0.796. The lowest BCUT2D eigenvalue weighted by Gasteiger charge is -2.23. The van der Waals surface area contributed by atoms with Crippen molar-refractivity contribution in [1.29, 1.82) is 0 Å². The second-order valence-electron chi connectivity index (χ2n) is 3.86. The fourth-order valence-corrected chi connectivity index (χ4v) is 1.21. The van der Waals surface area contributed by atoms with Gasteiger partial charge in [-0.15, -0.1) is 0 Å². The van der Waals surface area contributed by atoms with E-state index in [1.54, 1.807) is 17.9 Å². The molecule has 0 radical (unpaired) electrons. The van der Waals surface area contributed by atoms with Gasteiger partial charge in [0.2, 0.25) is 0 Å². The molecule has 0 spiro atoms. The van der Waals surface area contributed by atoms with E-state index in [0.717, 1.165) is 11.3 Å². The zero-order valence-corrected chi connectivity index (χ0v) is 8.59. The highest BCUT2D eigenvalue weighted by molar-refractivity contribution is 5.19. The summed E-state index contributed by atoms with van der Waals surface area (Å²) in [6, 6.07) is 0. The van der Waals surface area contributed by atoms with Gasteiger partial charge in [0.15, 0.2) is 0 Å². The van der Waals surface area contributed by atoms with Crippen LogP contribution in [0.1, 0.15) is 18.2 Å². The minimum Gasteiger partial charge on any atom is -0.320 e. The van der Waals surface area contributed by atoms with Gasteiger partial charge in [-0.2, -0.15) is 5.10 Å². The van der Waals surface area contributed by atoms with Crippen LogP contribution < -0.4 is 5.73 Å². The molecular weight excluding hydrogens is 188 g/mol. The van der Waals surface area contributed by atoms with Crippen LogP contribution in [0, 0.1) is 6.92 Å². The first-order valence-electron chi connectivity index (χ1n) is 4.39. The number of hydrogen-bond donors (Lipinski definition) is 1. The summed E-state index contributed by atoms with van der Waals surface area (Å²) in [5, 5.41) is 3.98. The lowest BCUT2D eigenvalue weighted by Crippen LogP contribution is -2.45. The normalized spacial score (nSPS) is 15.9. The van der Waals surface area contributed by atoms with E-state index in [1.807, 2.05) is 6.92 Å². The van der Waals surface area contributed by atoms with Crippen LogP contribution in [-0.2, 0) is 13.5 Å². The first-order valence-corrected chi connectivity index (χ1v) is 4.39. The Kier molecular flexibility index (Phi) is 2.89. The molecule has 1 heterocycles. The van der Waals surface area contributed by atoms with E-state index in [0.29, 0.717) is 0 Å². The van der Waals surface area contributed by atoms with Crippen molar-refractivity contribution in [1.82, 2.24) is 9.78 Å². The van der Waals surface area contributed by atoms with E-state index < -0.39 is 12.0 Å². The Hall–Kier alpha value is -0.970. The number of halogens is 2. The summed E-state index contributed by atoms with van der Waals surface area (Å²) in [6.45, 7) is 3.19. The fourth-order valence-electron chi connectivity index (χ4n) is 1.21. The third-order valence-corrected chi connectivity index (χ3v) is 2.41. The van der Waals surface area contributed by atoms with Crippen molar-refractivity contribution in [2.45, 2.75) is 32.2 Å². The molecule has 3 nitrogen and oxygen atoms in total. The largest absolute Gasteiger partial charge is 0.320 e. The maximum Gasteiger partial charge on any atom is 0.256 e. The van der Waals surface area contributed by atoms with Gasteiger partial charge in [-0.25, -0.2) is 8.78 Å². The highest BCUT2D eigenvalue weighted by Gasteiger charge is 2.31. The predicted molar refractivity (Wildman–Crippen MR) is 50.2 cm³/mol. The molecule has 14 heavy (non-hydrogen) atoms. The topological polar surface area (TPSA) is 43.8 Å². The zero-order chi connectivity index (χ0) is 10.9. The van der Waals surface area contributed by atoms with Crippen LogP contribution in [0.5, 0.6) is 0 Å². The first kappa shape index (κ1) is 11.1. The van der Waals surface area contributed by atoms with Crippen LogP contribution in [0.25, 0.3) is 0 Å². The highest BCUT2D eigenvalue weighted by atomic mass is 19.3. The molecule has 1 unspecified atom stereocenters. The summed E-state index contributed by atoms with van der Waals surface area (Å²) in [5.41, 5.74) is 5.66. The Balaban J connectivity index is 2.84. The molecule has 0 aromatic carbocycles. The van der Waals surface area contributed by atoms with Gasteiger partial charge in [0.25, 0.3) is 6.43 Å². The van der Waals surface area contributed by atoms with Crippen LogP contribution in [0.15, 0.2) is 6.20 Å². The number of aryl methyl sites for hydroxylation is 1. The standard InChI is InChI=1S/C9H15F2N3/c1-6-7(5-13-14(6)3)4-9(2,12)8(10)11/h5,8H,4,12H2,1-3H3. The maximum absolute atomic E-state index is 12.5. The third kappa shape index (κ3) is 2.09. The first-order chi connectivity index (χ1) is 6.34.